The molecular formula is C21H22N4O4. The Labute approximate surface area is 167 Å². The number of H-pyrrole nitrogens is 1. The number of benzene rings is 2. The summed E-state index contributed by atoms with van der Waals surface area (Å²) in [7, 11) is 3.04. The van der Waals surface area contributed by atoms with Gasteiger partial charge in [0.1, 0.15) is 5.82 Å². The number of carbonyl (C=O) groups excluding carboxylic acids is 1. The van der Waals surface area contributed by atoms with Gasteiger partial charge in [0, 0.05) is 19.7 Å². The number of rotatable bonds is 6. The molecule has 0 atom stereocenters. The van der Waals surface area contributed by atoms with E-state index in [2.05, 4.69) is 4.98 Å². The van der Waals surface area contributed by atoms with Crippen molar-refractivity contribution in [2.45, 2.75) is 13.2 Å². The van der Waals surface area contributed by atoms with Crippen LogP contribution in [0.1, 0.15) is 21.5 Å². The van der Waals surface area contributed by atoms with Crippen molar-refractivity contribution in [2.24, 2.45) is 0 Å². The van der Waals surface area contributed by atoms with Crippen LogP contribution < -0.4 is 21.9 Å². The number of anilines is 2. The third kappa shape index (κ3) is 4.27. The first-order valence-electron chi connectivity index (χ1n) is 8.94. The predicted octanol–water partition coefficient (Wildman–Crippen LogP) is 1.59. The van der Waals surface area contributed by atoms with E-state index in [9.17, 15) is 14.4 Å². The number of aromatic amines is 1. The maximum Gasteiger partial charge on any atom is 0.330 e. The topological polar surface area (TPSA) is 110 Å². The van der Waals surface area contributed by atoms with E-state index >= 15 is 0 Å². The number of amides is 1. The van der Waals surface area contributed by atoms with E-state index in [4.69, 9.17) is 10.5 Å². The molecule has 0 spiro atoms. The van der Waals surface area contributed by atoms with Gasteiger partial charge in [-0.05, 0) is 23.3 Å². The first-order valence-corrected chi connectivity index (χ1v) is 8.94. The van der Waals surface area contributed by atoms with Gasteiger partial charge in [-0.1, -0.05) is 42.5 Å². The number of nitrogens with two attached hydrogens (primary N) is 1. The van der Waals surface area contributed by atoms with Gasteiger partial charge in [-0.3, -0.25) is 19.1 Å². The van der Waals surface area contributed by atoms with Crippen molar-refractivity contribution in [3.05, 3.63) is 92.1 Å². The van der Waals surface area contributed by atoms with Crippen LogP contribution in [0.2, 0.25) is 0 Å². The Kier molecular flexibility index (Phi) is 5.94. The van der Waals surface area contributed by atoms with Crippen LogP contribution in [0.15, 0.2) is 64.2 Å². The number of nitrogen functional groups attached to an aromatic ring is 1. The quantitative estimate of drug-likeness (QED) is 0.660. The van der Waals surface area contributed by atoms with Gasteiger partial charge in [0.2, 0.25) is 0 Å². The number of aromatic nitrogens is 2. The van der Waals surface area contributed by atoms with E-state index in [1.807, 2.05) is 30.3 Å². The lowest BCUT2D eigenvalue weighted by molar-refractivity contribution is 0.0992. The zero-order chi connectivity index (χ0) is 21.0. The lowest BCUT2D eigenvalue weighted by Gasteiger charge is -2.20. The zero-order valence-electron chi connectivity index (χ0n) is 16.2. The van der Waals surface area contributed by atoms with E-state index in [0.717, 1.165) is 16.0 Å². The Balaban J connectivity index is 1.96. The van der Waals surface area contributed by atoms with Crippen LogP contribution in [0.4, 0.5) is 11.5 Å². The van der Waals surface area contributed by atoms with E-state index in [0.29, 0.717) is 12.2 Å². The molecule has 3 aromatic rings. The average molecular weight is 394 g/mol. The molecule has 3 rings (SSSR count). The minimum atomic E-state index is -0.719. The molecule has 0 saturated heterocycles. The van der Waals surface area contributed by atoms with Gasteiger partial charge in [-0.2, -0.15) is 0 Å². The molecule has 0 aliphatic rings. The van der Waals surface area contributed by atoms with Crippen LogP contribution >= 0.6 is 0 Å². The molecule has 1 amide bonds. The highest BCUT2D eigenvalue weighted by molar-refractivity contribution is 6.06. The second-order valence-corrected chi connectivity index (χ2v) is 6.56. The second-order valence-electron chi connectivity index (χ2n) is 6.56. The number of hydrogen-bond donors (Lipinski definition) is 2. The molecular weight excluding hydrogens is 372 g/mol. The second kappa shape index (κ2) is 8.57. The van der Waals surface area contributed by atoms with Crippen molar-refractivity contribution in [1.82, 2.24) is 9.55 Å². The summed E-state index contributed by atoms with van der Waals surface area (Å²) in [5.41, 5.74) is 6.85. The van der Waals surface area contributed by atoms with Crippen molar-refractivity contribution in [3.63, 3.8) is 0 Å². The Morgan fingerprint density at radius 3 is 2.34 bits per heavy atom. The van der Waals surface area contributed by atoms with E-state index in [-0.39, 0.29) is 18.1 Å². The summed E-state index contributed by atoms with van der Waals surface area (Å²) in [6, 6.07) is 16.1. The molecule has 3 N–H and O–H groups in total. The first-order chi connectivity index (χ1) is 13.9. The Hall–Kier alpha value is -3.65. The molecule has 8 heteroatoms. The predicted molar refractivity (Wildman–Crippen MR) is 111 cm³/mol. The summed E-state index contributed by atoms with van der Waals surface area (Å²) in [5.74, 6) is -0.495. The molecule has 0 fully saturated rings. The fourth-order valence-electron chi connectivity index (χ4n) is 3.03. The third-order valence-corrected chi connectivity index (χ3v) is 4.55. The van der Waals surface area contributed by atoms with E-state index < -0.39 is 17.2 Å². The number of hydrogen-bond acceptors (Lipinski definition) is 5. The fourth-order valence-corrected chi connectivity index (χ4v) is 3.03. The molecule has 1 heterocycles. The summed E-state index contributed by atoms with van der Waals surface area (Å²) < 4.78 is 6.29. The normalized spacial score (nSPS) is 10.7. The lowest BCUT2D eigenvalue weighted by atomic mass is 10.1. The smallest absolute Gasteiger partial charge is 0.330 e. The molecule has 8 nitrogen and oxygen atoms in total. The van der Waals surface area contributed by atoms with Crippen molar-refractivity contribution < 1.29 is 9.53 Å². The van der Waals surface area contributed by atoms with Crippen molar-refractivity contribution in [2.75, 3.05) is 24.8 Å². The molecule has 1 aromatic heterocycles. The Morgan fingerprint density at radius 2 is 1.72 bits per heavy atom. The van der Waals surface area contributed by atoms with Crippen molar-refractivity contribution in [1.29, 1.82) is 0 Å². The lowest BCUT2D eigenvalue weighted by Crippen LogP contribution is -2.39. The summed E-state index contributed by atoms with van der Waals surface area (Å²) in [6.45, 7) is 0.602. The van der Waals surface area contributed by atoms with Crippen LogP contribution in [0, 0.1) is 0 Å². The molecule has 150 valence electrons. The largest absolute Gasteiger partial charge is 0.383 e. The maximum atomic E-state index is 12.9. The summed E-state index contributed by atoms with van der Waals surface area (Å²) in [5, 5.41) is 0. The Bertz CT molecular complexity index is 1120. The SMILES string of the molecule is COCc1ccc(C(=O)N(C)c2c(N)n(Cc3ccccc3)c(=O)[nH]c2=O)cc1. The minimum absolute atomic E-state index is 0.0746. The molecule has 2 aromatic carbocycles. The van der Waals surface area contributed by atoms with E-state index in [1.165, 1.54) is 11.6 Å². The van der Waals surface area contributed by atoms with Gasteiger partial charge >= 0.3 is 5.69 Å². The van der Waals surface area contributed by atoms with Crippen LogP contribution in [-0.4, -0.2) is 29.6 Å². The molecule has 0 aliphatic carbocycles. The highest BCUT2D eigenvalue weighted by atomic mass is 16.5. The summed E-state index contributed by atoms with van der Waals surface area (Å²) >= 11 is 0. The van der Waals surface area contributed by atoms with Gasteiger partial charge < -0.3 is 15.4 Å². The standard InChI is InChI=1S/C21H22N4O4/c1-24(20(27)16-10-8-15(9-11-16)13-29-2)17-18(22)25(21(28)23-19(17)26)12-14-6-4-3-5-7-14/h3-11H,12-13,22H2,1-2H3,(H,23,26,28). The van der Waals surface area contributed by atoms with E-state index in [1.54, 1.807) is 31.4 Å². The summed E-state index contributed by atoms with van der Waals surface area (Å²) in [6.07, 6.45) is 0. The van der Waals surface area contributed by atoms with Crippen LogP contribution in [0.3, 0.4) is 0 Å². The molecule has 0 aliphatic heterocycles. The first kappa shape index (κ1) is 20.1. The van der Waals surface area contributed by atoms with Gasteiger partial charge in [0.25, 0.3) is 11.5 Å². The monoisotopic (exact) mass is 394 g/mol. The molecule has 29 heavy (non-hydrogen) atoms. The summed E-state index contributed by atoms with van der Waals surface area (Å²) in [4.78, 5) is 41.0. The van der Waals surface area contributed by atoms with Gasteiger partial charge in [0.05, 0.1) is 13.2 Å². The Morgan fingerprint density at radius 1 is 1.07 bits per heavy atom. The maximum absolute atomic E-state index is 12.9. The fraction of sp³-hybridized carbons (Fsp3) is 0.190. The minimum Gasteiger partial charge on any atom is -0.383 e. The van der Waals surface area contributed by atoms with Crippen LogP contribution in [0.5, 0.6) is 0 Å². The average Bonchev–Trinajstić information content (AvgIpc) is 2.72. The van der Waals surface area contributed by atoms with Crippen LogP contribution in [-0.2, 0) is 17.9 Å². The molecule has 0 radical (unpaired) electrons. The number of nitrogens with one attached hydrogen (secondary N) is 1. The number of carbonyl (C=O) groups is 1. The van der Waals surface area contributed by atoms with Crippen molar-refractivity contribution >= 4 is 17.4 Å². The number of nitrogens with zero attached hydrogens (tertiary/aromatic N) is 2. The van der Waals surface area contributed by atoms with Gasteiger partial charge in [0.15, 0.2) is 5.69 Å². The highest BCUT2D eigenvalue weighted by Crippen LogP contribution is 2.19. The molecule has 0 saturated carbocycles. The molecule has 0 unspecified atom stereocenters. The molecule has 0 bridgehead atoms. The number of methoxy groups -OCH3 is 1. The van der Waals surface area contributed by atoms with Gasteiger partial charge in [-0.15, -0.1) is 0 Å². The van der Waals surface area contributed by atoms with Crippen LogP contribution in [0.25, 0.3) is 0 Å². The zero-order valence-corrected chi connectivity index (χ0v) is 16.2. The highest BCUT2D eigenvalue weighted by Gasteiger charge is 2.22. The number of ether oxygens (including phenoxy) is 1. The van der Waals surface area contributed by atoms with Crippen molar-refractivity contribution in [3.8, 4) is 0 Å². The third-order valence-electron chi connectivity index (χ3n) is 4.55. The van der Waals surface area contributed by atoms with Gasteiger partial charge in [-0.25, -0.2) is 4.79 Å².